The van der Waals surface area contributed by atoms with E-state index >= 15 is 4.39 Å². The van der Waals surface area contributed by atoms with E-state index < -0.39 is 52.8 Å². The number of ether oxygens (including phenoxy) is 2. The first-order valence-corrected chi connectivity index (χ1v) is 14.3. The van der Waals surface area contributed by atoms with Crippen LogP contribution in [0.1, 0.15) is 62.9 Å². The number of piperazine rings is 1. The van der Waals surface area contributed by atoms with Gasteiger partial charge in [0.25, 0.3) is 0 Å². The van der Waals surface area contributed by atoms with Crippen LogP contribution in [0.4, 0.5) is 34.0 Å². The third kappa shape index (κ3) is 4.58. The summed E-state index contributed by atoms with van der Waals surface area (Å²) in [5.41, 5.74) is 3.49. The highest BCUT2D eigenvalue weighted by atomic mass is 19.4. The van der Waals surface area contributed by atoms with Crippen molar-refractivity contribution in [3.8, 4) is 17.3 Å². The summed E-state index contributed by atoms with van der Waals surface area (Å²) in [5, 5.41) is 0.338. The van der Waals surface area contributed by atoms with Crippen LogP contribution in [-0.2, 0) is 10.9 Å². The Bertz CT molecular complexity index is 1670. The number of aromatic nitrogens is 3. The summed E-state index contributed by atoms with van der Waals surface area (Å²) in [4.78, 5) is 30.3. The molecule has 0 aromatic carbocycles. The van der Waals surface area contributed by atoms with Gasteiger partial charge in [-0.15, -0.1) is 0 Å². The van der Waals surface area contributed by atoms with Gasteiger partial charge in [-0.25, -0.2) is 24.1 Å². The Labute approximate surface area is 246 Å². The number of amides is 1. The minimum atomic E-state index is -4.84. The number of carbonyl (C=O) groups excluding carboxylic acids is 1. The first kappa shape index (κ1) is 29.2. The fourth-order valence-corrected chi connectivity index (χ4v) is 6.88. The zero-order valence-electron chi connectivity index (χ0n) is 25.1. The van der Waals surface area contributed by atoms with Crippen molar-refractivity contribution in [2.45, 2.75) is 97.3 Å². The second-order valence-corrected chi connectivity index (χ2v) is 12.7. The lowest BCUT2D eigenvalue weighted by Gasteiger charge is -2.48. The number of aryl methyl sites for hydroxylation is 3. The molecule has 6 heterocycles. The number of fused-ring (bicyclic) bond motifs is 5. The minimum Gasteiger partial charge on any atom is -0.472 e. The number of anilines is 2. The minimum absolute atomic E-state index is 0.0476. The molecular formula is C30H34F4N6O3. The molecule has 2 saturated heterocycles. The van der Waals surface area contributed by atoms with Crippen molar-refractivity contribution in [2.24, 2.45) is 0 Å². The van der Waals surface area contributed by atoms with E-state index in [2.05, 4.69) is 9.97 Å². The Morgan fingerprint density at radius 2 is 1.77 bits per heavy atom. The summed E-state index contributed by atoms with van der Waals surface area (Å²) in [5.74, 6) is -0.779. The van der Waals surface area contributed by atoms with Crippen LogP contribution < -0.4 is 15.4 Å². The van der Waals surface area contributed by atoms with Gasteiger partial charge < -0.3 is 20.1 Å². The van der Waals surface area contributed by atoms with Gasteiger partial charge >= 0.3 is 12.3 Å². The largest absolute Gasteiger partial charge is 0.472 e. The van der Waals surface area contributed by atoms with Gasteiger partial charge in [-0.05, 0) is 78.5 Å². The Kier molecular flexibility index (Phi) is 6.48. The van der Waals surface area contributed by atoms with Crippen molar-refractivity contribution in [1.29, 1.82) is 0 Å². The van der Waals surface area contributed by atoms with Crippen LogP contribution in [0.3, 0.4) is 0 Å². The molecule has 9 nitrogen and oxygen atoms in total. The van der Waals surface area contributed by atoms with Gasteiger partial charge in [0.2, 0.25) is 5.88 Å². The summed E-state index contributed by atoms with van der Waals surface area (Å²) in [7, 11) is 0. The molecule has 3 aromatic rings. The number of rotatable bonds is 1. The van der Waals surface area contributed by atoms with Crippen LogP contribution in [0.25, 0.3) is 22.2 Å². The second-order valence-electron chi connectivity index (χ2n) is 12.7. The van der Waals surface area contributed by atoms with Crippen molar-refractivity contribution in [3.63, 3.8) is 0 Å². The average Bonchev–Trinajstić information content (AvgIpc) is 3.12. The predicted molar refractivity (Wildman–Crippen MR) is 152 cm³/mol. The summed E-state index contributed by atoms with van der Waals surface area (Å²) in [6.45, 7) is 12.3. The molecule has 43 heavy (non-hydrogen) atoms. The molecule has 2 N–H and O–H groups in total. The lowest BCUT2D eigenvalue weighted by Crippen LogP contribution is -2.65. The quantitative estimate of drug-likeness (QED) is 0.334. The van der Waals surface area contributed by atoms with E-state index in [0.717, 1.165) is 12.5 Å². The number of hydrogen-bond donors (Lipinski definition) is 1. The van der Waals surface area contributed by atoms with E-state index in [1.165, 1.54) is 6.92 Å². The van der Waals surface area contributed by atoms with Crippen LogP contribution >= 0.6 is 0 Å². The number of pyridine rings is 3. The molecule has 3 aliphatic rings. The van der Waals surface area contributed by atoms with Gasteiger partial charge in [0, 0.05) is 17.6 Å². The molecule has 230 valence electrons. The molecule has 0 unspecified atom stereocenters. The van der Waals surface area contributed by atoms with Gasteiger partial charge in [0.1, 0.15) is 34.7 Å². The third-order valence-electron chi connectivity index (χ3n) is 8.63. The summed E-state index contributed by atoms with van der Waals surface area (Å²) in [6, 6.07) is 0.230. The lowest BCUT2D eigenvalue weighted by molar-refractivity contribution is -0.137. The Balaban J connectivity index is 1.57. The molecule has 0 saturated carbocycles. The standard InChI is InChI=1S/C30H34F4N6O3/c1-12-10-18(35)37-23(21(12)30(32,33)34)24-22(31)19-13(2)14(3)36-26-20(19)27(38-24)42-15(4)25-17-9-8-16(11-39(25)26)40(17)28(41)43-29(5,6)7/h10,15-17,25H,8-9,11H2,1-7H3,(H2,35,37)/t15-,16+,17-,25+/m0/s1. The molecule has 1 amide bonds. The first-order valence-electron chi connectivity index (χ1n) is 14.3. The Morgan fingerprint density at radius 1 is 1.07 bits per heavy atom. The van der Waals surface area contributed by atoms with Gasteiger partial charge in [-0.2, -0.15) is 13.2 Å². The van der Waals surface area contributed by atoms with Crippen LogP contribution in [0.15, 0.2) is 6.07 Å². The van der Waals surface area contributed by atoms with Gasteiger partial charge in [-0.1, -0.05) is 0 Å². The van der Waals surface area contributed by atoms with Gasteiger partial charge in [0.05, 0.1) is 29.1 Å². The van der Waals surface area contributed by atoms with Crippen molar-refractivity contribution in [2.75, 3.05) is 17.2 Å². The number of nitrogens with two attached hydrogens (primary N) is 1. The first-order chi connectivity index (χ1) is 20.0. The van der Waals surface area contributed by atoms with Crippen molar-refractivity contribution < 1.29 is 31.8 Å². The summed E-state index contributed by atoms with van der Waals surface area (Å²) >= 11 is 0. The fraction of sp³-hybridized carbons (Fsp3) is 0.533. The van der Waals surface area contributed by atoms with Gasteiger partial charge in [-0.3, -0.25) is 4.90 Å². The van der Waals surface area contributed by atoms with E-state index in [0.29, 0.717) is 30.0 Å². The molecule has 2 bridgehead atoms. The molecule has 0 spiro atoms. The summed E-state index contributed by atoms with van der Waals surface area (Å²) < 4.78 is 71.6. The lowest BCUT2D eigenvalue weighted by atomic mass is 9.97. The maximum absolute atomic E-state index is 16.6. The number of hydrogen-bond acceptors (Lipinski definition) is 8. The van der Waals surface area contributed by atoms with Crippen molar-refractivity contribution >= 4 is 28.5 Å². The van der Waals surface area contributed by atoms with E-state index in [1.54, 1.807) is 18.7 Å². The third-order valence-corrected chi connectivity index (χ3v) is 8.63. The van der Waals surface area contributed by atoms with Crippen LogP contribution in [-0.4, -0.2) is 62.3 Å². The monoisotopic (exact) mass is 602 g/mol. The number of nitrogen functional groups attached to an aromatic ring is 1. The molecule has 0 radical (unpaired) electrons. The maximum Gasteiger partial charge on any atom is 0.418 e. The highest BCUT2D eigenvalue weighted by molar-refractivity contribution is 6.01. The number of carbonyl (C=O) groups is 1. The molecule has 3 aliphatic heterocycles. The van der Waals surface area contributed by atoms with E-state index in [4.69, 9.17) is 20.2 Å². The van der Waals surface area contributed by atoms with Crippen molar-refractivity contribution in [1.82, 2.24) is 19.9 Å². The smallest absolute Gasteiger partial charge is 0.418 e. The molecule has 2 fully saturated rings. The zero-order valence-corrected chi connectivity index (χ0v) is 25.1. The highest BCUT2D eigenvalue weighted by Crippen LogP contribution is 2.48. The van der Waals surface area contributed by atoms with Gasteiger partial charge in [0.15, 0.2) is 5.82 Å². The van der Waals surface area contributed by atoms with E-state index in [-0.39, 0.29) is 40.1 Å². The zero-order chi connectivity index (χ0) is 31.3. The number of alkyl halides is 3. The molecule has 3 aromatic heterocycles. The van der Waals surface area contributed by atoms with Crippen LogP contribution in [0.2, 0.25) is 0 Å². The molecule has 13 heteroatoms. The number of halogens is 4. The highest BCUT2D eigenvalue weighted by Gasteiger charge is 2.54. The number of nitrogens with zero attached hydrogens (tertiary/aromatic N) is 5. The topological polar surface area (TPSA) is 107 Å². The molecule has 0 aliphatic carbocycles. The molecular weight excluding hydrogens is 568 g/mol. The van der Waals surface area contributed by atoms with Crippen molar-refractivity contribution in [3.05, 3.63) is 34.3 Å². The second kappa shape index (κ2) is 9.55. The molecule has 4 atom stereocenters. The normalized spacial score (nSPS) is 23.2. The Hall–Kier alpha value is -3.90. The van der Waals surface area contributed by atoms with E-state index in [1.807, 2.05) is 32.6 Å². The fourth-order valence-electron chi connectivity index (χ4n) is 6.88. The molecule has 6 rings (SSSR count). The average molecular weight is 603 g/mol. The van der Waals surface area contributed by atoms with E-state index in [9.17, 15) is 18.0 Å². The maximum atomic E-state index is 16.6. The summed E-state index contributed by atoms with van der Waals surface area (Å²) in [6.07, 6.45) is -4.42. The SMILES string of the molecule is Cc1cc(N)nc(-c2nc3c4c(nc(C)c(C)c4c2F)N2C[C@H]4CC[C@@H]([C@H]2[C@H](C)O3)N4C(=O)OC(C)(C)C)c1C(F)(F)F. The van der Waals surface area contributed by atoms with Crippen LogP contribution in [0.5, 0.6) is 5.88 Å². The Morgan fingerprint density at radius 3 is 2.42 bits per heavy atom. The van der Waals surface area contributed by atoms with Crippen LogP contribution in [0, 0.1) is 26.6 Å². The predicted octanol–water partition coefficient (Wildman–Crippen LogP) is 6.09.